The van der Waals surface area contributed by atoms with Gasteiger partial charge in [0.1, 0.15) is 0 Å². The molecule has 0 radical (unpaired) electrons. The fourth-order valence-electron chi connectivity index (χ4n) is 0. The summed E-state index contributed by atoms with van der Waals surface area (Å²) < 4.78 is 0. The van der Waals surface area contributed by atoms with E-state index in [1.807, 2.05) is 0 Å². The van der Waals surface area contributed by atoms with Crippen LogP contribution in [-0.4, -0.2) is 15.7 Å². The molecule has 0 atom stereocenters. The number of aliphatic hydroxyl groups excluding tert-OH is 2. The lowest BCUT2D eigenvalue weighted by atomic mass is 11.2. The third-order valence-corrected chi connectivity index (χ3v) is 0.0500. The van der Waals surface area contributed by atoms with Crippen LogP contribution >= 0.6 is 0 Å². The van der Waals surface area contributed by atoms with Crippen LogP contribution in [0.25, 0.3) is 0 Å². The van der Waals surface area contributed by atoms with E-state index in [0.717, 1.165) is 0 Å². The van der Waals surface area contributed by atoms with Crippen molar-refractivity contribution in [2.45, 2.75) is 0 Å². The topological polar surface area (TPSA) is 72.0 Å². The third kappa shape index (κ3) is 272. The van der Waals surface area contributed by atoms with Crippen molar-refractivity contribution < 1.29 is 15.7 Å². The van der Waals surface area contributed by atoms with Gasteiger partial charge in [0.15, 0.2) is 12.2 Å². The average Bonchev–Trinajstić information content (AvgIpc) is 1.37. The molecule has 0 aliphatic rings. The van der Waals surface area contributed by atoms with Gasteiger partial charge in [0.05, 0.1) is 0 Å². The SMILES string of the molecule is O.OC#CO. The molecular formula is C2H4O3. The number of hydrogen-bond donors (Lipinski definition) is 2. The van der Waals surface area contributed by atoms with Crippen LogP contribution in [0.15, 0.2) is 0 Å². The monoisotopic (exact) mass is 76.0 g/mol. The molecule has 3 nitrogen and oxygen atoms in total. The lowest BCUT2D eigenvalue weighted by Gasteiger charge is -1.44. The smallest absolute Gasteiger partial charge is 0.152 e. The van der Waals surface area contributed by atoms with Gasteiger partial charge in [-0.25, -0.2) is 0 Å². The summed E-state index contributed by atoms with van der Waals surface area (Å²) in [4.78, 5) is 0. The normalized spacial score (nSPS) is 2.40. The average molecular weight is 76.1 g/mol. The molecule has 0 spiro atoms. The van der Waals surface area contributed by atoms with E-state index in [4.69, 9.17) is 10.2 Å². The van der Waals surface area contributed by atoms with Gasteiger partial charge in [0.2, 0.25) is 0 Å². The Kier molecular flexibility index (Phi) is 20.0. The molecule has 0 aliphatic carbocycles. The second kappa shape index (κ2) is 11.2. The Hall–Kier alpha value is -0.880. The van der Waals surface area contributed by atoms with E-state index in [2.05, 4.69) is 0 Å². The molecule has 0 rings (SSSR count). The first-order valence-electron chi connectivity index (χ1n) is 0.697. The highest BCUT2D eigenvalue weighted by Crippen LogP contribution is 1.24. The van der Waals surface area contributed by atoms with Crippen molar-refractivity contribution in [3.8, 4) is 12.2 Å². The molecule has 0 bridgehead atoms. The zero-order valence-corrected chi connectivity index (χ0v) is 2.39. The molecule has 30 valence electrons. The molecule has 3 heteroatoms. The molecular weight excluding hydrogens is 72.0 g/mol. The second-order valence-electron chi connectivity index (χ2n) is 0.224. The quantitative estimate of drug-likeness (QED) is 0.356. The lowest BCUT2D eigenvalue weighted by molar-refractivity contribution is 0.471. The molecule has 0 saturated carbocycles. The van der Waals surface area contributed by atoms with Gasteiger partial charge in [0, 0.05) is 0 Å². The Morgan fingerprint density at radius 1 is 1.00 bits per heavy atom. The van der Waals surface area contributed by atoms with Gasteiger partial charge >= 0.3 is 0 Å². The van der Waals surface area contributed by atoms with Crippen molar-refractivity contribution >= 4 is 0 Å². The van der Waals surface area contributed by atoms with Crippen molar-refractivity contribution in [1.82, 2.24) is 0 Å². The Balaban J connectivity index is 0. The predicted octanol–water partition coefficient (Wildman–Crippen LogP) is -1.17. The molecule has 0 aromatic carbocycles. The molecule has 0 amide bonds. The summed E-state index contributed by atoms with van der Waals surface area (Å²) in [6.07, 6.45) is 2.47. The standard InChI is InChI=1S/C2H2O2.H2O/c3-1-2-4;/h3-4H;1H2. The Morgan fingerprint density at radius 3 is 1.20 bits per heavy atom. The zero-order chi connectivity index (χ0) is 3.41. The van der Waals surface area contributed by atoms with Gasteiger partial charge in [-0.1, -0.05) is 0 Å². The molecule has 0 saturated heterocycles. The van der Waals surface area contributed by atoms with E-state index in [-0.39, 0.29) is 5.48 Å². The predicted molar refractivity (Wildman–Crippen MR) is 15.3 cm³/mol. The maximum atomic E-state index is 7.26. The lowest BCUT2D eigenvalue weighted by Crippen LogP contribution is -1.44. The van der Waals surface area contributed by atoms with Crippen LogP contribution in [0.3, 0.4) is 0 Å². The van der Waals surface area contributed by atoms with Gasteiger partial charge in [-0.05, 0) is 0 Å². The Bertz CT molecular complexity index is 41.6. The van der Waals surface area contributed by atoms with Crippen molar-refractivity contribution in [1.29, 1.82) is 0 Å². The Morgan fingerprint density at radius 2 is 1.20 bits per heavy atom. The van der Waals surface area contributed by atoms with Gasteiger partial charge in [-0.2, -0.15) is 0 Å². The number of rotatable bonds is 0. The van der Waals surface area contributed by atoms with E-state index in [1.165, 1.54) is 12.2 Å². The van der Waals surface area contributed by atoms with Crippen molar-refractivity contribution in [3.05, 3.63) is 0 Å². The first kappa shape index (κ1) is 8.92. The minimum atomic E-state index is 0. The third-order valence-electron chi connectivity index (χ3n) is 0.0500. The molecule has 0 unspecified atom stereocenters. The van der Waals surface area contributed by atoms with Crippen molar-refractivity contribution in [2.24, 2.45) is 0 Å². The van der Waals surface area contributed by atoms with Gasteiger partial charge in [-0.15, -0.1) is 0 Å². The molecule has 0 heterocycles. The van der Waals surface area contributed by atoms with Crippen LogP contribution in [0.4, 0.5) is 0 Å². The number of hydrogen-bond acceptors (Lipinski definition) is 2. The van der Waals surface area contributed by atoms with E-state index < -0.39 is 0 Å². The summed E-state index contributed by atoms with van der Waals surface area (Å²) in [5.41, 5.74) is 0. The zero-order valence-electron chi connectivity index (χ0n) is 2.39. The maximum Gasteiger partial charge on any atom is 0.152 e. The first-order chi connectivity index (χ1) is 1.91. The van der Waals surface area contributed by atoms with Gasteiger partial charge in [0.25, 0.3) is 0 Å². The van der Waals surface area contributed by atoms with Crippen LogP contribution in [0, 0.1) is 12.2 Å². The highest BCUT2D eigenvalue weighted by atomic mass is 16.3. The van der Waals surface area contributed by atoms with Gasteiger partial charge < -0.3 is 15.7 Å². The van der Waals surface area contributed by atoms with Crippen LogP contribution in [-0.2, 0) is 0 Å². The van der Waals surface area contributed by atoms with Crippen LogP contribution < -0.4 is 0 Å². The van der Waals surface area contributed by atoms with Crippen LogP contribution in [0.2, 0.25) is 0 Å². The minimum absolute atomic E-state index is 0. The van der Waals surface area contributed by atoms with E-state index in [9.17, 15) is 0 Å². The van der Waals surface area contributed by atoms with E-state index >= 15 is 0 Å². The fraction of sp³-hybridized carbons (Fsp3) is 0. The molecule has 4 N–H and O–H groups in total. The highest BCUT2D eigenvalue weighted by molar-refractivity contribution is 4.72. The van der Waals surface area contributed by atoms with Crippen molar-refractivity contribution in [2.75, 3.05) is 0 Å². The van der Waals surface area contributed by atoms with Gasteiger partial charge in [-0.3, -0.25) is 0 Å². The Labute approximate surface area is 29.2 Å². The number of aliphatic hydroxyl groups is 2. The summed E-state index contributed by atoms with van der Waals surface area (Å²) >= 11 is 0. The summed E-state index contributed by atoms with van der Waals surface area (Å²) in [5, 5.41) is 14.5. The summed E-state index contributed by atoms with van der Waals surface area (Å²) in [6, 6.07) is 0. The summed E-state index contributed by atoms with van der Waals surface area (Å²) in [7, 11) is 0. The first-order valence-corrected chi connectivity index (χ1v) is 0.697. The van der Waals surface area contributed by atoms with Crippen LogP contribution in [0.5, 0.6) is 0 Å². The maximum absolute atomic E-state index is 7.26. The van der Waals surface area contributed by atoms with E-state index in [0.29, 0.717) is 0 Å². The second-order valence-corrected chi connectivity index (χ2v) is 0.224. The van der Waals surface area contributed by atoms with Crippen LogP contribution in [0.1, 0.15) is 0 Å². The van der Waals surface area contributed by atoms with Crippen molar-refractivity contribution in [3.63, 3.8) is 0 Å². The molecule has 0 aromatic rings. The summed E-state index contributed by atoms with van der Waals surface area (Å²) in [6.45, 7) is 0. The minimum Gasteiger partial charge on any atom is -0.460 e. The fourth-order valence-corrected chi connectivity index (χ4v) is 0. The largest absolute Gasteiger partial charge is 0.460 e. The highest BCUT2D eigenvalue weighted by Gasteiger charge is 1.30. The molecule has 0 aromatic heterocycles. The van der Waals surface area contributed by atoms with E-state index in [1.54, 1.807) is 0 Å². The summed E-state index contributed by atoms with van der Waals surface area (Å²) in [5.74, 6) is 0. The molecule has 5 heavy (non-hydrogen) atoms. The molecule has 0 aliphatic heterocycles. The molecule has 0 fully saturated rings.